The fourth-order valence-electron chi connectivity index (χ4n) is 3.51. The molecule has 0 radical (unpaired) electrons. The first-order valence-electron chi connectivity index (χ1n) is 9.36. The summed E-state index contributed by atoms with van der Waals surface area (Å²) < 4.78 is 66.1. The molecule has 2 fully saturated rings. The van der Waals surface area contributed by atoms with Crippen LogP contribution in [0.2, 0.25) is 0 Å². The van der Waals surface area contributed by atoms with E-state index in [-0.39, 0.29) is 24.0 Å². The van der Waals surface area contributed by atoms with Crippen LogP contribution in [0.3, 0.4) is 0 Å². The number of nitrogens with zero attached hydrogens (tertiary/aromatic N) is 1. The first-order valence-corrected chi connectivity index (χ1v) is 9.36. The maximum Gasteiger partial charge on any atom is 0.497 e. The summed E-state index contributed by atoms with van der Waals surface area (Å²) in [5.41, 5.74) is -1.43. The molecule has 9 heteroatoms. The number of piperidine rings is 1. The lowest BCUT2D eigenvalue weighted by Gasteiger charge is -2.36. The van der Waals surface area contributed by atoms with E-state index in [1.165, 1.54) is 12.1 Å². The fraction of sp³-hybridized carbons (Fsp3) is 0.632. The van der Waals surface area contributed by atoms with Crippen LogP contribution in [0.1, 0.15) is 57.3 Å². The molecule has 0 bridgehead atoms. The molecule has 154 valence electrons. The van der Waals surface area contributed by atoms with Gasteiger partial charge in [0.2, 0.25) is 0 Å². The zero-order valence-electron chi connectivity index (χ0n) is 16.4. The van der Waals surface area contributed by atoms with Gasteiger partial charge in [-0.2, -0.15) is 13.2 Å². The number of halogens is 4. The van der Waals surface area contributed by atoms with E-state index in [1.54, 1.807) is 0 Å². The van der Waals surface area contributed by atoms with E-state index in [9.17, 15) is 22.4 Å². The Labute approximate surface area is 162 Å². The van der Waals surface area contributed by atoms with Crippen LogP contribution in [-0.4, -0.2) is 47.9 Å². The van der Waals surface area contributed by atoms with Crippen LogP contribution in [0.15, 0.2) is 18.2 Å². The molecule has 2 saturated heterocycles. The molecule has 1 unspecified atom stereocenters. The van der Waals surface area contributed by atoms with Crippen molar-refractivity contribution in [2.45, 2.75) is 70.4 Å². The minimum absolute atomic E-state index is 0.00469. The highest BCUT2D eigenvalue weighted by molar-refractivity contribution is 6.62. The van der Waals surface area contributed by atoms with E-state index in [2.05, 4.69) is 0 Å². The molecule has 1 aromatic rings. The molecule has 1 aromatic carbocycles. The quantitative estimate of drug-likeness (QED) is 0.561. The van der Waals surface area contributed by atoms with E-state index in [0.717, 1.165) is 11.0 Å². The normalized spacial score (nSPS) is 24.5. The van der Waals surface area contributed by atoms with Gasteiger partial charge in [0.15, 0.2) is 0 Å². The minimum atomic E-state index is -4.50. The number of amides is 1. The molecule has 28 heavy (non-hydrogen) atoms. The molecule has 2 aliphatic rings. The fourth-order valence-corrected chi connectivity index (χ4v) is 3.51. The Hall–Kier alpha value is -1.61. The van der Waals surface area contributed by atoms with Crippen molar-refractivity contribution in [2.75, 3.05) is 6.54 Å². The Kier molecular flexibility index (Phi) is 5.29. The largest absolute Gasteiger partial charge is 0.497 e. The second kappa shape index (κ2) is 7.02. The maximum absolute atomic E-state index is 14.4. The van der Waals surface area contributed by atoms with Crippen molar-refractivity contribution in [3.8, 4) is 0 Å². The average Bonchev–Trinajstić information content (AvgIpc) is 2.81. The molecule has 3 rings (SSSR count). The topological polar surface area (TPSA) is 38.8 Å². The van der Waals surface area contributed by atoms with Crippen LogP contribution in [0, 0.1) is 5.82 Å². The van der Waals surface area contributed by atoms with E-state index in [4.69, 9.17) is 9.31 Å². The van der Waals surface area contributed by atoms with Gasteiger partial charge in [-0.25, -0.2) is 4.39 Å². The van der Waals surface area contributed by atoms with Crippen molar-refractivity contribution >= 4 is 18.5 Å². The van der Waals surface area contributed by atoms with Crippen molar-refractivity contribution in [2.24, 2.45) is 0 Å². The van der Waals surface area contributed by atoms with Gasteiger partial charge in [0.05, 0.1) is 11.2 Å². The first-order chi connectivity index (χ1) is 12.8. The van der Waals surface area contributed by atoms with E-state index < -0.39 is 42.3 Å². The number of carbonyl (C=O) groups excluding carboxylic acids is 1. The summed E-state index contributed by atoms with van der Waals surface area (Å²) in [7, 11) is -1.04. The van der Waals surface area contributed by atoms with Crippen LogP contribution < -0.4 is 5.46 Å². The predicted octanol–water partition coefficient (Wildman–Crippen LogP) is 3.68. The van der Waals surface area contributed by atoms with E-state index >= 15 is 0 Å². The van der Waals surface area contributed by atoms with Gasteiger partial charge in [0.1, 0.15) is 11.9 Å². The predicted molar refractivity (Wildman–Crippen MR) is 96.8 cm³/mol. The lowest BCUT2D eigenvalue weighted by Crippen LogP contribution is -2.51. The molecule has 0 spiro atoms. The maximum atomic E-state index is 14.4. The lowest BCUT2D eigenvalue weighted by molar-refractivity contribution is -0.183. The highest BCUT2D eigenvalue weighted by Crippen LogP contribution is 2.37. The number of benzene rings is 1. The van der Waals surface area contributed by atoms with Gasteiger partial charge < -0.3 is 14.2 Å². The Balaban J connectivity index is 1.90. The average molecular weight is 401 g/mol. The molecular formula is C19H24BF4NO3. The van der Waals surface area contributed by atoms with Gasteiger partial charge in [0, 0.05) is 17.6 Å². The highest BCUT2D eigenvalue weighted by atomic mass is 19.4. The zero-order valence-corrected chi connectivity index (χ0v) is 16.4. The van der Waals surface area contributed by atoms with Crippen molar-refractivity contribution in [1.29, 1.82) is 0 Å². The van der Waals surface area contributed by atoms with Gasteiger partial charge in [-0.1, -0.05) is 0 Å². The number of hydrogen-bond donors (Lipinski definition) is 0. The standard InChI is InChI=1S/C19H24BF4NO3/c1-17(2)18(3,4)28-20(27-17)13-11-12(8-9-14(13)21)16(26)25-10-6-5-7-15(25)19(22,23)24/h8-9,11,15H,5-7,10H2,1-4H3. The summed E-state index contributed by atoms with van der Waals surface area (Å²) >= 11 is 0. The Bertz CT molecular complexity index is 750. The Morgan fingerprint density at radius 1 is 1.14 bits per heavy atom. The minimum Gasteiger partial charge on any atom is -0.399 e. The number of alkyl halides is 3. The van der Waals surface area contributed by atoms with Gasteiger partial charge in [-0.05, 0) is 65.2 Å². The van der Waals surface area contributed by atoms with Crippen LogP contribution in [0.5, 0.6) is 0 Å². The summed E-state index contributed by atoms with van der Waals surface area (Å²) in [4.78, 5) is 13.6. The van der Waals surface area contributed by atoms with Gasteiger partial charge in [-0.15, -0.1) is 0 Å². The van der Waals surface area contributed by atoms with Crippen LogP contribution in [0.25, 0.3) is 0 Å². The van der Waals surface area contributed by atoms with E-state index in [1.807, 2.05) is 27.7 Å². The second-order valence-electron chi connectivity index (χ2n) is 8.38. The molecule has 2 aliphatic heterocycles. The van der Waals surface area contributed by atoms with Crippen molar-refractivity contribution < 1.29 is 31.7 Å². The zero-order chi connectivity index (χ0) is 20.9. The third-order valence-electron chi connectivity index (χ3n) is 5.89. The molecule has 0 aromatic heterocycles. The monoisotopic (exact) mass is 401 g/mol. The van der Waals surface area contributed by atoms with Crippen molar-refractivity contribution in [1.82, 2.24) is 4.90 Å². The second-order valence-corrected chi connectivity index (χ2v) is 8.38. The number of hydrogen-bond acceptors (Lipinski definition) is 3. The Morgan fingerprint density at radius 2 is 1.75 bits per heavy atom. The molecular weight excluding hydrogens is 377 g/mol. The summed E-state index contributed by atoms with van der Waals surface area (Å²) in [5.74, 6) is -1.40. The van der Waals surface area contributed by atoms with Crippen LogP contribution in [0.4, 0.5) is 17.6 Å². The third kappa shape index (κ3) is 3.78. The summed E-state index contributed by atoms with van der Waals surface area (Å²) in [5, 5.41) is 0. The van der Waals surface area contributed by atoms with Crippen LogP contribution >= 0.6 is 0 Å². The van der Waals surface area contributed by atoms with E-state index in [0.29, 0.717) is 12.8 Å². The Morgan fingerprint density at radius 3 is 2.32 bits per heavy atom. The van der Waals surface area contributed by atoms with Gasteiger partial charge >= 0.3 is 13.3 Å². The van der Waals surface area contributed by atoms with Gasteiger partial charge in [-0.3, -0.25) is 4.79 Å². The number of carbonyl (C=O) groups is 1. The molecule has 0 aliphatic carbocycles. The summed E-state index contributed by atoms with van der Waals surface area (Å²) in [6.07, 6.45) is -3.70. The molecule has 4 nitrogen and oxygen atoms in total. The summed E-state index contributed by atoms with van der Waals surface area (Å²) in [6, 6.07) is 1.69. The highest BCUT2D eigenvalue weighted by Gasteiger charge is 2.52. The lowest BCUT2D eigenvalue weighted by atomic mass is 9.77. The molecule has 0 N–H and O–H groups in total. The molecule has 1 atom stereocenters. The first kappa shape index (κ1) is 21.1. The number of rotatable bonds is 2. The summed E-state index contributed by atoms with van der Waals surface area (Å²) in [6.45, 7) is 7.25. The number of likely N-dealkylation sites (tertiary alicyclic amines) is 1. The molecule has 1 amide bonds. The van der Waals surface area contributed by atoms with Crippen molar-refractivity contribution in [3.05, 3.63) is 29.6 Å². The molecule has 2 heterocycles. The van der Waals surface area contributed by atoms with Crippen molar-refractivity contribution in [3.63, 3.8) is 0 Å². The smallest absolute Gasteiger partial charge is 0.399 e. The van der Waals surface area contributed by atoms with Crippen LogP contribution in [-0.2, 0) is 9.31 Å². The molecule has 0 saturated carbocycles. The SMILES string of the molecule is CC1(C)OB(c2cc(C(=O)N3CCCCC3C(F)(F)F)ccc2F)OC1(C)C. The van der Waals surface area contributed by atoms with Gasteiger partial charge in [0.25, 0.3) is 5.91 Å². The third-order valence-corrected chi connectivity index (χ3v) is 5.89.